The highest BCUT2D eigenvalue weighted by Gasteiger charge is 2.20. The molecule has 1 aliphatic heterocycles. The van der Waals surface area contributed by atoms with E-state index in [0.717, 1.165) is 30.3 Å². The number of aromatic nitrogens is 2. The minimum absolute atomic E-state index is 0.103. The summed E-state index contributed by atoms with van der Waals surface area (Å²) in [4.78, 5) is 3.21. The van der Waals surface area contributed by atoms with E-state index in [2.05, 4.69) is 20.4 Å². The topological polar surface area (TPSA) is 67.3 Å². The molecular weight excluding hydrogens is 324 g/mol. The first-order chi connectivity index (χ1) is 11.8. The fourth-order valence-electron chi connectivity index (χ4n) is 2.62. The van der Waals surface area contributed by atoms with Crippen LogP contribution in [0.2, 0.25) is 0 Å². The van der Waals surface area contributed by atoms with Gasteiger partial charge in [0.15, 0.2) is 0 Å². The van der Waals surface area contributed by atoms with Crippen LogP contribution in [0, 0.1) is 0 Å². The lowest BCUT2D eigenvalue weighted by atomic mass is 10.2. The zero-order valence-electron chi connectivity index (χ0n) is 13.5. The molecule has 0 spiro atoms. The molecule has 0 radical (unpaired) electrons. The van der Waals surface area contributed by atoms with Crippen LogP contribution in [0.1, 0.15) is 0 Å². The third-order valence-corrected chi connectivity index (χ3v) is 5.26. The molecule has 0 bridgehead atoms. The number of hydrogen-bond donors (Lipinski definition) is 1. The van der Waals surface area contributed by atoms with Crippen molar-refractivity contribution in [3.8, 4) is 0 Å². The molecule has 2 heterocycles. The number of hydrogen-bond acceptors (Lipinski definition) is 6. The Morgan fingerprint density at radius 2 is 2.12 bits per heavy atom. The van der Waals surface area contributed by atoms with Gasteiger partial charge in [0.1, 0.15) is 5.82 Å². The van der Waals surface area contributed by atoms with Crippen LogP contribution in [0.4, 0.5) is 5.82 Å². The van der Waals surface area contributed by atoms with Crippen LogP contribution < -0.4 is 5.32 Å². The first kappa shape index (κ1) is 17.0. The van der Waals surface area contributed by atoms with Crippen molar-refractivity contribution in [3.05, 3.63) is 48.7 Å². The van der Waals surface area contributed by atoms with Crippen molar-refractivity contribution < 1.29 is 8.95 Å². The van der Waals surface area contributed by atoms with Gasteiger partial charge in [-0.3, -0.25) is 9.11 Å². The van der Waals surface area contributed by atoms with Gasteiger partial charge in [0, 0.05) is 43.0 Å². The van der Waals surface area contributed by atoms with E-state index in [1.54, 1.807) is 6.20 Å². The van der Waals surface area contributed by atoms with Crippen molar-refractivity contribution in [2.75, 3.05) is 43.9 Å². The fraction of sp³-hybridized carbons (Fsp3) is 0.412. The number of benzene rings is 1. The predicted molar refractivity (Wildman–Crippen MR) is 94.4 cm³/mol. The third-order valence-electron chi connectivity index (χ3n) is 3.91. The molecule has 2 atom stereocenters. The Bertz CT molecular complexity index is 642. The van der Waals surface area contributed by atoms with E-state index >= 15 is 0 Å². The van der Waals surface area contributed by atoms with Crippen LogP contribution in [0.5, 0.6) is 0 Å². The monoisotopic (exact) mass is 346 g/mol. The maximum atomic E-state index is 12.3. The van der Waals surface area contributed by atoms with E-state index in [-0.39, 0.29) is 6.10 Å². The number of ether oxygens (including phenoxy) is 1. The van der Waals surface area contributed by atoms with Gasteiger partial charge in [0.05, 0.1) is 23.5 Å². The maximum absolute atomic E-state index is 12.3. The molecule has 1 aromatic heterocycles. The standard InChI is InChI=1S/C17H22N4O2S/c22-24(16-5-2-1-3-6-16)12-10-21-9-11-23-15(14-21)13-18-17-7-4-8-19-20-17/h1-8,15H,9-14H2,(H,18,20)/t15-,24-/m0/s1. The summed E-state index contributed by atoms with van der Waals surface area (Å²) in [5.41, 5.74) is 0. The second-order valence-electron chi connectivity index (χ2n) is 5.65. The summed E-state index contributed by atoms with van der Waals surface area (Å²) in [6.45, 7) is 3.92. The van der Waals surface area contributed by atoms with Crippen molar-refractivity contribution in [1.82, 2.24) is 15.1 Å². The Kier molecular flexibility index (Phi) is 6.28. The molecule has 1 fully saturated rings. The van der Waals surface area contributed by atoms with Crippen LogP contribution in [-0.2, 0) is 15.5 Å². The lowest BCUT2D eigenvalue weighted by molar-refractivity contribution is -0.0189. The van der Waals surface area contributed by atoms with Crippen LogP contribution >= 0.6 is 0 Å². The summed E-state index contributed by atoms with van der Waals surface area (Å²) in [7, 11) is -0.946. The van der Waals surface area contributed by atoms with E-state index in [9.17, 15) is 4.21 Å². The molecule has 7 heteroatoms. The van der Waals surface area contributed by atoms with Gasteiger partial charge in [-0.15, -0.1) is 5.10 Å². The summed E-state index contributed by atoms with van der Waals surface area (Å²) < 4.78 is 18.1. The lowest BCUT2D eigenvalue weighted by Crippen LogP contribution is -2.46. The highest BCUT2D eigenvalue weighted by molar-refractivity contribution is 7.85. The second kappa shape index (κ2) is 8.86. The Hall–Kier alpha value is -1.83. The number of morpholine rings is 1. The smallest absolute Gasteiger partial charge is 0.148 e. The van der Waals surface area contributed by atoms with Crippen molar-refractivity contribution in [3.63, 3.8) is 0 Å². The van der Waals surface area contributed by atoms with Gasteiger partial charge in [-0.05, 0) is 24.3 Å². The van der Waals surface area contributed by atoms with Crippen molar-refractivity contribution in [2.45, 2.75) is 11.0 Å². The highest BCUT2D eigenvalue weighted by Crippen LogP contribution is 2.09. The first-order valence-electron chi connectivity index (χ1n) is 8.10. The van der Waals surface area contributed by atoms with E-state index < -0.39 is 10.8 Å². The zero-order chi connectivity index (χ0) is 16.6. The minimum atomic E-state index is -0.946. The van der Waals surface area contributed by atoms with E-state index in [0.29, 0.717) is 18.9 Å². The summed E-state index contributed by atoms with van der Waals surface area (Å²) in [5.74, 6) is 1.40. The molecule has 0 amide bonds. The molecule has 128 valence electrons. The van der Waals surface area contributed by atoms with Crippen molar-refractivity contribution >= 4 is 16.6 Å². The van der Waals surface area contributed by atoms with Crippen molar-refractivity contribution in [2.24, 2.45) is 0 Å². The van der Waals surface area contributed by atoms with Gasteiger partial charge in [-0.25, -0.2) is 0 Å². The largest absolute Gasteiger partial charge is 0.374 e. The van der Waals surface area contributed by atoms with E-state index in [1.807, 2.05) is 42.5 Å². The molecular formula is C17H22N4O2S. The SMILES string of the molecule is O=[S@@](CCN1CCO[C@@H](CNc2cccnn2)C1)c1ccccc1. The third kappa shape index (κ3) is 5.09. The quantitative estimate of drug-likeness (QED) is 0.817. The van der Waals surface area contributed by atoms with Gasteiger partial charge in [0.2, 0.25) is 0 Å². The Balaban J connectivity index is 1.43. The van der Waals surface area contributed by atoms with Crippen LogP contribution in [-0.4, -0.2) is 63.9 Å². The van der Waals surface area contributed by atoms with Gasteiger partial charge in [-0.2, -0.15) is 5.10 Å². The summed E-state index contributed by atoms with van der Waals surface area (Å²) >= 11 is 0. The minimum Gasteiger partial charge on any atom is -0.374 e. The molecule has 1 aromatic carbocycles. The Morgan fingerprint density at radius 3 is 2.92 bits per heavy atom. The van der Waals surface area contributed by atoms with Crippen LogP contribution in [0.3, 0.4) is 0 Å². The molecule has 0 saturated carbocycles. The van der Waals surface area contributed by atoms with Gasteiger partial charge >= 0.3 is 0 Å². The number of anilines is 1. The summed E-state index contributed by atoms with van der Waals surface area (Å²) in [5, 5.41) is 11.1. The van der Waals surface area contributed by atoms with E-state index in [4.69, 9.17) is 4.74 Å². The summed E-state index contributed by atoms with van der Waals surface area (Å²) in [6, 6.07) is 13.4. The number of nitrogens with zero attached hydrogens (tertiary/aromatic N) is 3. The van der Waals surface area contributed by atoms with Crippen LogP contribution in [0.25, 0.3) is 0 Å². The summed E-state index contributed by atoms with van der Waals surface area (Å²) in [6.07, 6.45) is 1.75. The van der Waals surface area contributed by atoms with Gasteiger partial charge in [0.25, 0.3) is 0 Å². The fourth-order valence-corrected chi connectivity index (χ4v) is 3.74. The molecule has 6 nitrogen and oxygen atoms in total. The average Bonchev–Trinajstić information content (AvgIpc) is 2.66. The Morgan fingerprint density at radius 1 is 1.25 bits per heavy atom. The molecule has 2 aromatic rings. The second-order valence-corrected chi connectivity index (χ2v) is 7.22. The Labute approximate surface area is 144 Å². The predicted octanol–water partition coefficient (Wildman–Crippen LogP) is 1.40. The lowest BCUT2D eigenvalue weighted by Gasteiger charge is -2.32. The molecule has 1 saturated heterocycles. The molecule has 1 N–H and O–H groups in total. The molecule has 0 aliphatic carbocycles. The maximum Gasteiger partial charge on any atom is 0.148 e. The first-order valence-corrected chi connectivity index (χ1v) is 9.42. The average molecular weight is 346 g/mol. The molecule has 0 unspecified atom stereocenters. The van der Waals surface area contributed by atoms with Crippen molar-refractivity contribution in [1.29, 1.82) is 0 Å². The zero-order valence-corrected chi connectivity index (χ0v) is 14.3. The molecule has 1 aliphatic rings. The van der Waals surface area contributed by atoms with Crippen LogP contribution in [0.15, 0.2) is 53.6 Å². The normalized spacial score (nSPS) is 19.8. The highest BCUT2D eigenvalue weighted by atomic mass is 32.2. The number of nitrogens with one attached hydrogen (secondary N) is 1. The van der Waals surface area contributed by atoms with Gasteiger partial charge in [-0.1, -0.05) is 18.2 Å². The van der Waals surface area contributed by atoms with Gasteiger partial charge < -0.3 is 10.1 Å². The van der Waals surface area contributed by atoms with E-state index in [1.165, 1.54) is 0 Å². The molecule has 3 rings (SSSR count). The molecule has 24 heavy (non-hydrogen) atoms. The number of rotatable bonds is 7.